The smallest absolute Gasteiger partial charge is 0.205 e. The van der Waals surface area contributed by atoms with Crippen molar-refractivity contribution in [2.24, 2.45) is 17.9 Å². The highest BCUT2D eigenvalue weighted by Gasteiger charge is 2.13. The summed E-state index contributed by atoms with van der Waals surface area (Å²) in [6, 6.07) is 2.53. The Bertz CT molecular complexity index is 405. The lowest BCUT2D eigenvalue weighted by Gasteiger charge is -2.24. The van der Waals surface area contributed by atoms with Gasteiger partial charge >= 0.3 is 0 Å². The van der Waals surface area contributed by atoms with Gasteiger partial charge in [-0.3, -0.25) is 15.1 Å². The van der Waals surface area contributed by atoms with Crippen molar-refractivity contribution >= 4 is 5.96 Å². The van der Waals surface area contributed by atoms with Crippen LogP contribution in [0.3, 0.4) is 0 Å². The number of nitrogens with one attached hydrogen (secondary N) is 2. The fourth-order valence-electron chi connectivity index (χ4n) is 2.50. The zero-order valence-corrected chi connectivity index (χ0v) is 11.6. The van der Waals surface area contributed by atoms with Crippen LogP contribution in [-0.4, -0.2) is 28.3 Å². The van der Waals surface area contributed by atoms with Gasteiger partial charge in [-0.2, -0.15) is 5.10 Å². The maximum absolute atomic E-state index is 5.52. The minimum Gasteiger partial charge on any atom is -0.353 e. The number of hydrogen-bond acceptors (Lipinski definition) is 3. The summed E-state index contributed by atoms with van der Waals surface area (Å²) in [5.74, 6) is 6.22. The van der Waals surface area contributed by atoms with Gasteiger partial charge in [-0.05, 0) is 18.9 Å². The molecule has 0 radical (unpaired) electrons. The molecule has 0 aromatic carbocycles. The second kappa shape index (κ2) is 7.13. The van der Waals surface area contributed by atoms with Gasteiger partial charge in [-0.1, -0.05) is 19.3 Å². The second-order valence-corrected chi connectivity index (χ2v) is 5.05. The zero-order chi connectivity index (χ0) is 13.5. The van der Waals surface area contributed by atoms with Crippen LogP contribution in [-0.2, 0) is 13.5 Å². The molecule has 6 nitrogen and oxygen atoms in total. The summed E-state index contributed by atoms with van der Waals surface area (Å²) in [4.78, 5) is 4.48. The SMILES string of the molecule is Cn1nccc1CCN=C(NN)NC1CCCCC1. The second-order valence-electron chi connectivity index (χ2n) is 5.05. The number of nitrogens with two attached hydrogens (primary N) is 1. The van der Waals surface area contributed by atoms with Gasteiger partial charge in [0.2, 0.25) is 5.96 Å². The maximum atomic E-state index is 5.52. The van der Waals surface area contributed by atoms with Crippen LogP contribution in [0.15, 0.2) is 17.3 Å². The summed E-state index contributed by atoms with van der Waals surface area (Å²) in [5, 5.41) is 7.53. The summed E-state index contributed by atoms with van der Waals surface area (Å²) in [6.07, 6.45) is 9.04. The summed E-state index contributed by atoms with van der Waals surface area (Å²) < 4.78 is 1.87. The van der Waals surface area contributed by atoms with Crippen molar-refractivity contribution in [3.05, 3.63) is 18.0 Å². The Morgan fingerprint density at radius 3 is 2.89 bits per heavy atom. The topological polar surface area (TPSA) is 80.3 Å². The fourth-order valence-corrected chi connectivity index (χ4v) is 2.50. The molecule has 4 N–H and O–H groups in total. The molecule has 0 unspecified atom stereocenters. The van der Waals surface area contributed by atoms with Gasteiger partial charge in [0.05, 0.1) is 0 Å². The number of rotatable bonds is 4. The van der Waals surface area contributed by atoms with Crippen LogP contribution in [0, 0.1) is 0 Å². The minimum atomic E-state index is 0.514. The molecule has 0 amide bonds. The third-order valence-electron chi connectivity index (χ3n) is 3.64. The Morgan fingerprint density at radius 2 is 2.26 bits per heavy atom. The van der Waals surface area contributed by atoms with Gasteiger partial charge in [0, 0.05) is 37.9 Å². The van der Waals surface area contributed by atoms with E-state index < -0.39 is 0 Å². The lowest BCUT2D eigenvalue weighted by Crippen LogP contribution is -2.47. The van der Waals surface area contributed by atoms with E-state index in [0.29, 0.717) is 18.5 Å². The molecular formula is C13H24N6. The van der Waals surface area contributed by atoms with E-state index in [4.69, 9.17) is 5.84 Å². The highest BCUT2D eigenvalue weighted by Crippen LogP contribution is 2.17. The Balaban J connectivity index is 1.79. The van der Waals surface area contributed by atoms with Crippen LogP contribution in [0.5, 0.6) is 0 Å². The van der Waals surface area contributed by atoms with Crippen molar-refractivity contribution < 1.29 is 0 Å². The fraction of sp³-hybridized carbons (Fsp3) is 0.692. The summed E-state index contributed by atoms with van der Waals surface area (Å²) in [6.45, 7) is 0.707. The molecule has 6 heteroatoms. The maximum Gasteiger partial charge on any atom is 0.205 e. The number of hydrazine groups is 1. The molecule has 1 saturated carbocycles. The number of nitrogens with zero attached hydrogens (tertiary/aromatic N) is 3. The van der Waals surface area contributed by atoms with Crippen LogP contribution in [0.4, 0.5) is 0 Å². The normalized spacial score (nSPS) is 17.5. The first-order valence-electron chi connectivity index (χ1n) is 7.04. The molecule has 19 heavy (non-hydrogen) atoms. The predicted molar refractivity (Wildman–Crippen MR) is 76.5 cm³/mol. The lowest BCUT2D eigenvalue weighted by atomic mass is 9.96. The minimum absolute atomic E-state index is 0.514. The van der Waals surface area contributed by atoms with E-state index in [-0.39, 0.29) is 0 Å². The highest BCUT2D eigenvalue weighted by atomic mass is 15.3. The molecule has 1 aromatic heterocycles. The zero-order valence-electron chi connectivity index (χ0n) is 11.6. The molecular weight excluding hydrogens is 240 g/mol. The average Bonchev–Trinajstić information content (AvgIpc) is 2.84. The van der Waals surface area contributed by atoms with Gasteiger partial charge in [0.25, 0.3) is 0 Å². The third-order valence-corrected chi connectivity index (χ3v) is 3.64. The molecule has 1 aromatic rings. The average molecular weight is 264 g/mol. The Hall–Kier alpha value is -1.56. The molecule has 106 valence electrons. The first kappa shape index (κ1) is 13.9. The van der Waals surface area contributed by atoms with E-state index >= 15 is 0 Å². The van der Waals surface area contributed by atoms with Gasteiger partial charge < -0.3 is 5.32 Å². The molecule has 0 aliphatic heterocycles. The van der Waals surface area contributed by atoms with E-state index in [2.05, 4.69) is 20.8 Å². The van der Waals surface area contributed by atoms with Gasteiger partial charge in [-0.15, -0.1) is 0 Å². The van der Waals surface area contributed by atoms with E-state index in [1.165, 1.54) is 37.8 Å². The quantitative estimate of drug-likeness (QED) is 0.324. The molecule has 0 saturated heterocycles. The number of hydrogen-bond donors (Lipinski definition) is 3. The largest absolute Gasteiger partial charge is 0.353 e. The Labute approximate surface area is 114 Å². The number of aryl methyl sites for hydroxylation is 1. The summed E-state index contributed by atoms with van der Waals surface area (Å²) in [7, 11) is 1.95. The predicted octanol–water partition coefficient (Wildman–Crippen LogP) is 0.704. The molecule has 1 fully saturated rings. The van der Waals surface area contributed by atoms with Crippen molar-refractivity contribution in [2.45, 2.75) is 44.6 Å². The van der Waals surface area contributed by atoms with Crippen molar-refractivity contribution in [1.29, 1.82) is 0 Å². The first-order valence-corrected chi connectivity index (χ1v) is 7.04. The first-order chi connectivity index (χ1) is 9.29. The summed E-state index contributed by atoms with van der Waals surface area (Å²) >= 11 is 0. The van der Waals surface area contributed by atoms with Crippen LogP contribution in [0.25, 0.3) is 0 Å². The van der Waals surface area contributed by atoms with Crippen molar-refractivity contribution in [3.8, 4) is 0 Å². The standard InChI is InChI=1S/C13H24N6/c1-19-12(8-10-16-19)7-9-15-13(18-14)17-11-5-3-2-4-6-11/h8,10-11H,2-7,9,14H2,1H3,(H2,15,17,18). The molecule has 0 bridgehead atoms. The van der Waals surface area contributed by atoms with Gasteiger partial charge in [0.1, 0.15) is 0 Å². The lowest BCUT2D eigenvalue weighted by molar-refractivity contribution is 0.410. The van der Waals surface area contributed by atoms with E-state index in [9.17, 15) is 0 Å². The monoisotopic (exact) mass is 264 g/mol. The van der Waals surface area contributed by atoms with Crippen molar-refractivity contribution in [2.75, 3.05) is 6.54 Å². The van der Waals surface area contributed by atoms with E-state index in [1.807, 2.05) is 17.8 Å². The van der Waals surface area contributed by atoms with Gasteiger partial charge in [0.15, 0.2) is 0 Å². The summed E-state index contributed by atoms with van der Waals surface area (Å²) in [5.41, 5.74) is 3.84. The Morgan fingerprint density at radius 1 is 1.47 bits per heavy atom. The molecule has 1 aliphatic rings. The number of aromatic nitrogens is 2. The van der Waals surface area contributed by atoms with Gasteiger partial charge in [-0.25, -0.2) is 5.84 Å². The Kier molecular flexibility index (Phi) is 5.20. The van der Waals surface area contributed by atoms with Crippen molar-refractivity contribution in [3.63, 3.8) is 0 Å². The molecule has 0 spiro atoms. The van der Waals surface area contributed by atoms with Crippen molar-refractivity contribution in [1.82, 2.24) is 20.5 Å². The third kappa shape index (κ3) is 4.24. The van der Waals surface area contributed by atoms with Crippen LogP contribution < -0.4 is 16.6 Å². The van der Waals surface area contributed by atoms with Crippen LogP contribution >= 0.6 is 0 Å². The highest BCUT2D eigenvalue weighted by molar-refractivity contribution is 5.79. The van der Waals surface area contributed by atoms with Crippen LogP contribution in [0.2, 0.25) is 0 Å². The van der Waals surface area contributed by atoms with E-state index in [0.717, 1.165) is 6.42 Å². The number of aliphatic imine (C=N–C) groups is 1. The van der Waals surface area contributed by atoms with Crippen LogP contribution in [0.1, 0.15) is 37.8 Å². The molecule has 0 atom stereocenters. The molecule has 1 heterocycles. The molecule has 1 aliphatic carbocycles. The van der Waals surface area contributed by atoms with E-state index in [1.54, 1.807) is 6.20 Å². The molecule has 2 rings (SSSR count). The number of guanidine groups is 1.